The van der Waals surface area contributed by atoms with Gasteiger partial charge < -0.3 is 5.32 Å². The molecule has 0 atom stereocenters. The molecular formula is C16H19BrN2O3. The van der Waals surface area contributed by atoms with Gasteiger partial charge in [-0.1, -0.05) is 29.8 Å². The van der Waals surface area contributed by atoms with Crippen molar-refractivity contribution in [1.82, 2.24) is 10.2 Å². The van der Waals surface area contributed by atoms with E-state index in [0.29, 0.717) is 36.4 Å². The molecule has 0 aliphatic carbocycles. The van der Waals surface area contributed by atoms with Gasteiger partial charge in [-0.25, -0.2) is 0 Å². The molecule has 5 nitrogen and oxygen atoms in total. The third kappa shape index (κ3) is 3.74. The van der Waals surface area contributed by atoms with Crippen molar-refractivity contribution in [3.8, 4) is 0 Å². The quantitative estimate of drug-likeness (QED) is 0.786. The maximum atomic E-state index is 12.2. The number of amides is 3. The predicted molar refractivity (Wildman–Crippen MR) is 86.6 cm³/mol. The molecule has 1 aliphatic rings. The van der Waals surface area contributed by atoms with Gasteiger partial charge >= 0.3 is 0 Å². The highest BCUT2D eigenvalue weighted by atomic mass is 79.9. The van der Waals surface area contributed by atoms with Gasteiger partial charge in [-0.2, -0.15) is 0 Å². The van der Waals surface area contributed by atoms with Crippen molar-refractivity contribution in [1.29, 1.82) is 0 Å². The molecule has 2 rings (SSSR count). The lowest BCUT2D eigenvalue weighted by atomic mass is 10.1. The van der Waals surface area contributed by atoms with E-state index in [1.165, 1.54) is 4.90 Å². The van der Waals surface area contributed by atoms with Gasteiger partial charge in [0.1, 0.15) is 0 Å². The maximum absolute atomic E-state index is 12.2. The molecule has 0 bridgehead atoms. The summed E-state index contributed by atoms with van der Waals surface area (Å²) in [5.74, 6) is -0.217. The van der Waals surface area contributed by atoms with E-state index in [0.717, 1.165) is 4.47 Å². The van der Waals surface area contributed by atoms with Crippen LogP contribution in [0.4, 0.5) is 0 Å². The van der Waals surface area contributed by atoms with Crippen molar-refractivity contribution in [3.05, 3.63) is 33.8 Å². The zero-order valence-electron chi connectivity index (χ0n) is 12.7. The number of nitrogens with zero attached hydrogens (tertiary/aromatic N) is 1. The van der Waals surface area contributed by atoms with Crippen LogP contribution in [0, 0.1) is 5.92 Å². The average molecular weight is 367 g/mol. The molecule has 22 heavy (non-hydrogen) atoms. The molecule has 0 spiro atoms. The van der Waals surface area contributed by atoms with Crippen LogP contribution >= 0.6 is 15.9 Å². The lowest BCUT2D eigenvalue weighted by molar-refractivity contribution is -0.121. The summed E-state index contributed by atoms with van der Waals surface area (Å²) in [4.78, 5) is 37.3. The SMILES string of the molecule is CC(C)CNC(=O)CCCN1C(=O)c2ccc(Br)cc2C1=O. The van der Waals surface area contributed by atoms with Gasteiger partial charge in [0.25, 0.3) is 11.8 Å². The van der Waals surface area contributed by atoms with Crippen LogP contribution in [0.2, 0.25) is 0 Å². The Bertz CT molecular complexity index is 613. The van der Waals surface area contributed by atoms with Gasteiger partial charge in [-0.05, 0) is 30.5 Å². The number of hydrogen-bond acceptors (Lipinski definition) is 3. The topological polar surface area (TPSA) is 66.5 Å². The van der Waals surface area contributed by atoms with Gasteiger partial charge in [-0.3, -0.25) is 19.3 Å². The first-order chi connectivity index (χ1) is 10.4. The van der Waals surface area contributed by atoms with Crippen LogP contribution in [0.5, 0.6) is 0 Å². The van der Waals surface area contributed by atoms with Gasteiger partial charge in [0.05, 0.1) is 11.1 Å². The molecule has 6 heteroatoms. The highest BCUT2D eigenvalue weighted by Gasteiger charge is 2.35. The largest absolute Gasteiger partial charge is 0.356 e. The second-order valence-corrected chi connectivity index (χ2v) is 6.67. The maximum Gasteiger partial charge on any atom is 0.261 e. The molecule has 1 aromatic carbocycles. The van der Waals surface area contributed by atoms with E-state index >= 15 is 0 Å². The molecule has 1 aliphatic heterocycles. The van der Waals surface area contributed by atoms with E-state index < -0.39 is 0 Å². The van der Waals surface area contributed by atoms with E-state index in [4.69, 9.17) is 0 Å². The number of rotatable bonds is 6. The van der Waals surface area contributed by atoms with E-state index in [1.807, 2.05) is 13.8 Å². The second kappa shape index (κ2) is 7.05. The number of carbonyl (C=O) groups is 3. The predicted octanol–water partition coefficient (Wildman–Crippen LogP) is 2.60. The fourth-order valence-corrected chi connectivity index (χ4v) is 2.63. The summed E-state index contributed by atoms with van der Waals surface area (Å²) < 4.78 is 0.766. The first kappa shape index (κ1) is 16.7. The Morgan fingerprint density at radius 2 is 1.91 bits per heavy atom. The third-order valence-corrected chi connectivity index (χ3v) is 3.92. The van der Waals surface area contributed by atoms with Crippen LogP contribution in [0.1, 0.15) is 47.4 Å². The molecule has 0 fully saturated rings. The molecule has 118 valence electrons. The molecule has 1 heterocycles. The van der Waals surface area contributed by atoms with Crippen LogP contribution in [0.15, 0.2) is 22.7 Å². The summed E-state index contributed by atoms with van der Waals surface area (Å²) in [7, 11) is 0. The number of halogens is 1. The van der Waals surface area contributed by atoms with Crippen LogP contribution < -0.4 is 5.32 Å². The highest BCUT2D eigenvalue weighted by molar-refractivity contribution is 9.10. The van der Waals surface area contributed by atoms with Gasteiger partial charge in [0.15, 0.2) is 0 Å². The molecule has 0 radical (unpaired) electrons. The minimum Gasteiger partial charge on any atom is -0.356 e. The average Bonchev–Trinajstić information content (AvgIpc) is 2.69. The lowest BCUT2D eigenvalue weighted by Crippen LogP contribution is -2.32. The Morgan fingerprint density at radius 1 is 1.23 bits per heavy atom. The van der Waals surface area contributed by atoms with E-state index in [-0.39, 0.29) is 24.3 Å². The van der Waals surface area contributed by atoms with Crippen LogP contribution in [-0.4, -0.2) is 35.7 Å². The normalized spacial score (nSPS) is 13.7. The number of benzene rings is 1. The zero-order chi connectivity index (χ0) is 16.3. The lowest BCUT2D eigenvalue weighted by Gasteiger charge is -2.13. The fraction of sp³-hybridized carbons (Fsp3) is 0.438. The molecule has 0 unspecified atom stereocenters. The smallest absolute Gasteiger partial charge is 0.261 e. The number of nitrogens with one attached hydrogen (secondary N) is 1. The summed E-state index contributed by atoms with van der Waals surface area (Å²) in [6.07, 6.45) is 0.778. The number of hydrogen-bond donors (Lipinski definition) is 1. The van der Waals surface area contributed by atoms with Crippen molar-refractivity contribution < 1.29 is 14.4 Å². The highest BCUT2D eigenvalue weighted by Crippen LogP contribution is 2.26. The monoisotopic (exact) mass is 366 g/mol. The minimum atomic E-state index is -0.288. The van der Waals surface area contributed by atoms with E-state index in [9.17, 15) is 14.4 Å². The van der Waals surface area contributed by atoms with Gasteiger partial charge in [0, 0.05) is 24.0 Å². The minimum absolute atomic E-state index is 0.0481. The Morgan fingerprint density at radius 3 is 2.59 bits per heavy atom. The van der Waals surface area contributed by atoms with Crippen molar-refractivity contribution in [2.24, 2.45) is 5.92 Å². The first-order valence-electron chi connectivity index (χ1n) is 7.32. The first-order valence-corrected chi connectivity index (χ1v) is 8.12. The van der Waals surface area contributed by atoms with Gasteiger partial charge in [-0.15, -0.1) is 0 Å². The molecular weight excluding hydrogens is 348 g/mol. The fourth-order valence-electron chi connectivity index (χ4n) is 2.27. The summed E-state index contributed by atoms with van der Waals surface area (Å²) in [5, 5.41) is 2.82. The van der Waals surface area contributed by atoms with E-state index in [1.54, 1.807) is 18.2 Å². The Balaban J connectivity index is 1.89. The van der Waals surface area contributed by atoms with Crippen molar-refractivity contribution in [2.45, 2.75) is 26.7 Å². The van der Waals surface area contributed by atoms with Crippen molar-refractivity contribution >= 4 is 33.7 Å². The van der Waals surface area contributed by atoms with Crippen molar-refractivity contribution in [3.63, 3.8) is 0 Å². The van der Waals surface area contributed by atoms with Crippen LogP contribution in [-0.2, 0) is 4.79 Å². The Kier molecular flexibility index (Phi) is 5.34. The Labute approximate surface area is 138 Å². The molecule has 0 aromatic heterocycles. The van der Waals surface area contributed by atoms with Gasteiger partial charge in [0.2, 0.25) is 5.91 Å². The van der Waals surface area contributed by atoms with Crippen molar-refractivity contribution in [2.75, 3.05) is 13.1 Å². The summed E-state index contributed by atoms with van der Waals surface area (Å²) in [5.41, 5.74) is 0.848. The van der Waals surface area contributed by atoms with E-state index in [2.05, 4.69) is 21.2 Å². The third-order valence-electron chi connectivity index (χ3n) is 3.43. The summed E-state index contributed by atoms with van der Waals surface area (Å²) in [6, 6.07) is 5.05. The zero-order valence-corrected chi connectivity index (χ0v) is 14.3. The number of carbonyl (C=O) groups excluding carboxylic acids is 3. The van der Waals surface area contributed by atoms with Crippen LogP contribution in [0.25, 0.3) is 0 Å². The summed E-state index contributed by atoms with van der Waals surface area (Å²) >= 11 is 3.30. The summed E-state index contributed by atoms with van der Waals surface area (Å²) in [6.45, 7) is 4.95. The second-order valence-electron chi connectivity index (χ2n) is 5.75. The molecule has 1 aromatic rings. The standard InChI is InChI=1S/C16H19BrN2O3/c1-10(2)9-18-14(20)4-3-7-19-15(21)12-6-5-11(17)8-13(12)16(19)22/h5-6,8,10H,3-4,7,9H2,1-2H3,(H,18,20). The Hall–Kier alpha value is -1.69. The van der Waals surface area contributed by atoms with Crippen LogP contribution in [0.3, 0.4) is 0 Å². The molecule has 0 saturated carbocycles. The number of fused-ring (bicyclic) bond motifs is 1. The molecule has 3 amide bonds. The molecule has 0 saturated heterocycles. The number of imide groups is 1. The molecule has 1 N–H and O–H groups in total.